The molecule has 16 heavy (non-hydrogen) atoms. The first kappa shape index (κ1) is 12.2. The monoisotopic (exact) mass is 330 g/mol. The Kier molecular flexibility index (Phi) is 4.46. The van der Waals surface area contributed by atoms with Crippen LogP contribution in [0.5, 0.6) is 0 Å². The lowest BCUT2D eigenvalue weighted by atomic mass is 10.2. The fourth-order valence-electron chi connectivity index (χ4n) is 2.18. The zero-order chi connectivity index (χ0) is 11.4. The van der Waals surface area contributed by atoms with Gasteiger partial charge in [-0.15, -0.1) is 0 Å². The van der Waals surface area contributed by atoms with Crippen molar-refractivity contribution in [3.63, 3.8) is 0 Å². The van der Waals surface area contributed by atoms with Gasteiger partial charge in [-0.1, -0.05) is 13.0 Å². The lowest BCUT2D eigenvalue weighted by Gasteiger charge is -2.19. The molecule has 1 aliphatic rings. The smallest absolute Gasteiger partial charge is 0.0377 e. The minimum Gasteiger partial charge on any atom is -0.370 e. The van der Waals surface area contributed by atoms with Crippen LogP contribution < -0.4 is 10.2 Å². The molecule has 1 aliphatic heterocycles. The number of halogens is 1. The van der Waals surface area contributed by atoms with Crippen molar-refractivity contribution in [1.82, 2.24) is 5.32 Å². The fourth-order valence-corrected chi connectivity index (χ4v) is 2.71. The third-order valence-electron chi connectivity index (χ3n) is 3.04. The quantitative estimate of drug-likeness (QED) is 0.854. The molecule has 0 bridgehead atoms. The van der Waals surface area contributed by atoms with Crippen LogP contribution in [0.2, 0.25) is 0 Å². The van der Waals surface area contributed by atoms with Gasteiger partial charge in [0.25, 0.3) is 0 Å². The molecule has 0 aromatic heterocycles. The van der Waals surface area contributed by atoms with E-state index in [2.05, 4.69) is 64.0 Å². The van der Waals surface area contributed by atoms with E-state index >= 15 is 0 Å². The Hall–Kier alpha value is -0.290. The van der Waals surface area contributed by atoms with Crippen molar-refractivity contribution in [2.45, 2.75) is 25.8 Å². The van der Waals surface area contributed by atoms with Crippen molar-refractivity contribution in [1.29, 1.82) is 0 Å². The number of hydrogen-bond acceptors (Lipinski definition) is 2. The maximum atomic E-state index is 3.60. The van der Waals surface area contributed by atoms with Gasteiger partial charge in [-0.2, -0.15) is 0 Å². The van der Waals surface area contributed by atoms with E-state index in [1.807, 2.05) is 0 Å². The Balaban J connectivity index is 1.93. The lowest BCUT2D eigenvalue weighted by molar-refractivity contribution is 0.549. The van der Waals surface area contributed by atoms with Crippen molar-refractivity contribution in [3.8, 4) is 0 Å². The van der Waals surface area contributed by atoms with E-state index in [0.29, 0.717) is 6.04 Å². The molecule has 0 radical (unpaired) electrons. The third kappa shape index (κ3) is 3.10. The van der Waals surface area contributed by atoms with Crippen molar-refractivity contribution in [2.24, 2.45) is 0 Å². The Morgan fingerprint density at radius 1 is 1.50 bits per heavy atom. The van der Waals surface area contributed by atoms with Crippen LogP contribution in [0.4, 0.5) is 5.69 Å². The highest BCUT2D eigenvalue weighted by molar-refractivity contribution is 14.1. The standard InChI is InChI=1S/C13H19IN2/c1-2-7-15-12-6-8-16(10-12)13-5-3-4-11(14)9-13/h3-5,9,12,15H,2,6-8,10H2,1H3. The summed E-state index contributed by atoms with van der Waals surface area (Å²) in [6, 6.07) is 9.45. The number of hydrogen-bond donors (Lipinski definition) is 1. The highest BCUT2D eigenvalue weighted by Gasteiger charge is 2.21. The molecule has 0 aliphatic carbocycles. The average molecular weight is 330 g/mol. The van der Waals surface area contributed by atoms with E-state index in [1.165, 1.54) is 28.6 Å². The Morgan fingerprint density at radius 3 is 3.12 bits per heavy atom. The highest BCUT2D eigenvalue weighted by Crippen LogP contribution is 2.22. The van der Waals surface area contributed by atoms with Gasteiger partial charge in [0, 0.05) is 28.4 Å². The molecule has 0 saturated carbocycles. The van der Waals surface area contributed by atoms with Crippen molar-refractivity contribution in [2.75, 3.05) is 24.5 Å². The molecule has 0 amide bonds. The molecule has 2 nitrogen and oxygen atoms in total. The third-order valence-corrected chi connectivity index (χ3v) is 3.72. The second-order valence-corrected chi connectivity index (χ2v) is 5.61. The van der Waals surface area contributed by atoms with E-state index in [1.54, 1.807) is 0 Å². The molecule has 1 N–H and O–H groups in total. The van der Waals surface area contributed by atoms with E-state index < -0.39 is 0 Å². The topological polar surface area (TPSA) is 15.3 Å². The SMILES string of the molecule is CCCNC1CCN(c2cccc(I)c2)C1. The second-order valence-electron chi connectivity index (χ2n) is 4.37. The Morgan fingerprint density at radius 2 is 2.38 bits per heavy atom. The van der Waals surface area contributed by atoms with Crippen LogP contribution in [0.15, 0.2) is 24.3 Å². The summed E-state index contributed by atoms with van der Waals surface area (Å²) < 4.78 is 1.32. The van der Waals surface area contributed by atoms with Crippen molar-refractivity contribution < 1.29 is 0 Å². The molecule has 1 atom stereocenters. The summed E-state index contributed by atoms with van der Waals surface area (Å²) in [5, 5.41) is 3.60. The highest BCUT2D eigenvalue weighted by atomic mass is 127. The van der Waals surface area contributed by atoms with E-state index in [4.69, 9.17) is 0 Å². The normalized spacial score (nSPS) is 20.4. The number of nitrogens with zero attached hydrogens (tertiary/aromatic N) is 1. The van der Waals surface area contributed by atoms with Gasteiger partial charge in [0.15, 0.2) is 0 Å². The molecular formula is C13H19IN2. The minimum atomic E-state index is 0.679. The molecule has 1 saturated heterocycles. The summed E-state index contributed by atoms with van der Waals surface area (Å²) in [5.41, 5.74) is 1.37. The maximum absolute atomic E-state index is 3.60. The first-order valence-electron chi connectivity index (χ1n) is 6.03. The number of rotatable bonds is 4. The van der Waals surface area contributed by atoms with Crippen LogP contribution >= 0.6 is 22.6 Å². The average Bonchev–Trinajstić information content (AvgIpc) is 2.75. The number of anilines is 1. The van der Waals surface area contributed by atoms with Crippen molar-refractivity contribution in [3.05, 3.63) is 27.8 Å². The molecule has 1 aromatic rings. The maximum Gasteiger partial charge on any atom is 0.0377 e. The summed E-state index contributed by atoms with van der Waals surface area (Å²) in [5.74, 6) is 0. The summed E-state index contributed by atoms with van der Waals surface area (Å²) in [7, 11) is 0. The number of nitrogens with one attached hydrogen (secondary N) is 1. The summed E-state index contributed by atoms with van der Waals surface area (Å²) in [6.45, 7) is 5.70. The van der Waals surface area contributed by atoms with Gasteiger partial charge in [0.2, 0.25) is 0 Å². The largest absolute Gasteiger partial charge is 0.370 e. The van der Waals surface area contributed by atoms with Gasteiger partial charge in [0.05, 0.1) is 0 Å². The summed E-state index contributed by atoms with van der Waals surface area (Å²) >= 11 is 2.38. The van der Waals surface area contributed by atoms with E-state index in [9.17, 15) is 0 Å². The van der Waals surface area contributed by atoms with Gasteiger partial charge >= 0.3 is 0 Å². The zero-order valence-corrected chi connectivity index (χ0v) is 11.9. The summed E-state index contributed by atoms with van der Waals surface area (Å²) in [4.78, 5) is 2.48. The van der Waals surface area contributed by atoms with Crippen LogP contribution in [-0.2, 0) is 0 Å². The Labute approximate surface area is 112 Å². The molecule has 0 spiro atoms. The first-order chi connectivity index (χ1) is 7.79. The molecule has 88 valence electrons. The van der Waals surface area contributed by atoms with Crippen LogP contribution in [0, 0.1) is 3.57 Å². The fraction of sp³-hybridized carbons (Fsp3) is 0.538. The molecule has 1 unspecified atom stereocenters. The van der Waals surface area contributed by atoms with E-state index in [0.717, 1.165) is 13.1 Å². The first-order valence-corrected chi connectivity index (χ1v) is 7.11. The van der Waals surface area contributed by atoms with Gasteiger partial charge in [-0.05, 0) is 60.2 Å². The minimum absolute atomic E-state index is 0.679. The molecule has 1 aromatic carbocycles. The molecular weight excluding hydrogens is 311 g/mol. The summed E-state index contributed by atoms with van der Waals surface area (Å²) in [6.07, 6.45) is 2.49. The molecule has 3 heteroatoms. The van der Waals surface area contributed by atoms with Crippen LogP contribution in [0.3, 0.4) is 0 Å². The predicted octanol–water partition coefficient (Wildman–Crippen LogP) is 2.87. The lowest BCUT2D eigenvalue weighted by Crippen LogP contribution is -2.32. The van der Waals surface area contributed by atoms with Gasteiger partial charge in [-0.3, -0.25) is 0 Å². The second kappa shape index (κ2) is 5.87. The van der Waals surface area contributed by atoms with E-state index in [-0.39, 0.29) is 0 Å². The predicted molar refractivity (Wildman–Crippen MR) is 78.1 cm³/mol. The number of benzene rings is 1. The molecule has 1 fully saturated rings. The van der Waals surface area contributed by atoms with Gasteiger partial charge in [0.1, 0.15) is 0 Å². The Bertz CT molecular complexity index is 340. The van der Waals surface area contributed by atoms with Gasteiger partial charge in [-0.25, -0.2) is 0 Å². The van der Waals surface area contributed by atoms with Crippen molar-refractivity contribution >= 4 is 28.3 Å². The zero-order valence-electron chi connectivity index (χ0n) is 9.75. The molecule has 2 rings (SSSR count). The molecule has 1 heterocycles. The van der Waals surface area contributed by atoms with Crippen LogP contribution in [0.1, 0.15) is 19.8 Å². The van der Waals surface area contributed by atoms with Crippen LogP contribution in [0.25, 0.3) is 0 Å². The van der Waals surface area contributed by atoms with Crippen LogP contribution in [-0.4, -0.2) is 25.7 Å². The van der Waals surface area contributed by atoms with Gasteiger partial charge < -0.3 is 10.2 Å².